The van der Waals surface area contributed by atoms with Gasteiger partial charge >= 0.3 is 0 Å². The van der Waals surface area contributed by atoms with E-state index in [1.165, 1.54) is 16.7 Å². The molecule has 29 heavy (non-hydrogen) atoms. The van der Waals surface area contributed by atoms with Gasteiger partial charge in [-0.05, 0) is 48.7 Å². The van der Waals surface area contributed by atoms with Gasteiger partial charge in [0, 0.05) is 37.7 Å². The van der Waals surface area contributed by atoms with Crippen LogP contribution in [0.2, 0.25) is 0 Å². The van der Waals surface area contributed by atoms with Crippen molar-refractivity contribution >= 4 is 5.91 Å². The van der Waals surface area contributed by atoms with E-state index in [-0.39, 0.29) is 5.91 Å². The van der Waals surface area contributed by atoms with Gasteiger partial charge in [0.15, 0.2) is 0 Å². The van der Waals surface area contributed by atoms with Crippen LogP contribution in [0.1, 0.15) is 39.7 Å². The van der Waals surface area contributed by atoms with E-state index in [2.05, 4.69) is 54.9 Å². The van der Waals surface area contributed by atoms with E-state index < -0.39 is 0 Å². The van der Waals surface area contributed by atoms with Crippen molar-refractivity contribution in [2.24, 2.45) is 0 Å². The Bertz CT molecular complexity index is 928. The second-order valence-electron chi connectivity index (χ2n) is 7.39. The third-order valence-electron chi connectivity index (χ3n) is 5.17. The van der Waals surface area contributed by atoms with Crippen LogP contribution in [0, 0.1) is 6.92 Å². The molecule has 4 heteroatoms. The number of benzene rings is 2. The van der Waals surface area contributed by atoms with E-state index in [9.17, 15) is 4.79 Å². The topological polar surface area (TPSA) is 34.5 Å². The maximum absolute atomic E-state index is 13.2. The lowest BCUT2D eigenvalue weighted by Gasteiger charge is -2.23. The molecule has 1 heterocycles. The van der Waals surface area contributed by atoms with Gasteiger partial charge in [-0.1, -0.05) is 48.9 Å². The molecule has 0 unspecified atom stereocenters. The first-order valence-corrected chi connectivity index (χ1v) is 10.2. The molecule has 1 amide bonds. The standard InChI is InChI=1S/C25H30N2O2/c1-4-21-10-12-23(13-11-21)25(28)27(15-16-29-3)19-24-9-6-14-26(24)18-22-8-5-7-20(2)17-22/h5-14,17H,4,15-16,18-19H2,1-3H3. The lowest BCUT2D eigenvalue weighted by Crippen LogP contribution is -2.34. The molecule has 0 spiro atoms. The molecular formula is C25H30N2O2. The highest BCUT2D eigenvalue weighted by atomic mass is 16.5. The van der Waals surface area contributed by atoms with Gasteiger partial charge in [0.25, 0.3) is 5.91 Å². The fourth-order valence-electron chi connectivity index (χ4n) is 3.47. The van der Waals surface area contributed by atoms with Crippen molar-refractivity contribution in [1.82, 2.24) is 9.47 Å². The fraction of sp³-hybridized carbons (Fsp3) is 0.320. The zero-order valence-electron chi connectivity index (χ0n) is 17.6. The largest absolute Gasteiger partial charge is 0.383 e. The molecule has 3 aromatic rings. The lowest BCUT2D eigenvalue weighted by atomic mass is 10.1. The SMILES string of the molecule is CCc1ccc(C(=O)N(CCOC)Cc2cccn2Cc2cccc(C)c2)cc1. The Balaban J connectivity index is 1.78. The number of nitrogens with zero attached hydrogens (tertiary/aromatic N) is 2. The smallest absolute Gasteiger partial charge is 0.254 e. The third kappa shape index (κ3) is 5.58. The summed E-state index contributed by atoms with van der Waals surface area (Å²) in [6.45, 7) is 6.63. The van der Waals surface area contributed by atoms with Gasteiger partial charge in [-0.2, -0.15) is 0 Å². The Labute approximate surface area is 173 Å². The molecule has 3 rings (SSSR count). The van der Waals surface area contributed by atoms with Crippen molar-refractivity contribution in [3.05, 3.63) is 94.8 Å². The van der Waals surface area contributed by atoms with Crippen LogP contribution in [0.3, 0.4) is 0 Å². The van der Waals surface area contributed by atoms with Gasteiger partial charge in [-0.15, -0.1) is 0 Å². The molecular weight excluding hydrogens is 360 g/mol. The minimum Gasteiger partial charge on any atom is -0.383 e. The minimum atomic E-state index is 0.0352. The van der Waals surface area contributed by atoms with Crippen molar-refractivity contribution in [3.8, 4) is 0 Å². The Morgan fingerprint density at radius 1 is 1.03 bits per heavy atom. The second-order valence-corrected chi connectivity index (χ2v) is 7.39. The highest BCUT2D eigenvalue weighted by molar-refractivity contribution is 5.94. The molecule has 1 aromatic heterocycles. The molecule has 0 aliphatic rings. The maximum Gasteiger partial charge on any atom is 0.254 e. The molecule has 0 saturated carbocycles. The van der Waals surface area contributed by atoms with Gasteiger partial charge in [-0.3, -0.25) is 4.79 Å². The van der Waals surface area contributed by atoms with Crippen LogP contribution in [0.25, 0.3) is 0 Å². The number of rotatable bonds is 9. The summed E-state index contributed by atoms with van der Waals surface area (Å²) in [7, 11) is 1.67. The van der Waals surface area contributed by atoms with Crippen molar-refractivity contribution in [3.63, 3.8) is 0 Å². The summed E-state index contributed by atoms with van der Waals surface area (Å²) in [5.41, 5.74) is 5.57. The number of hydrogen-bond acceptors (Lipinski definition) is 2. The Hall–Kier alpha value is -2.85. The number of amides is 1. The molecule has 0 fully saturated rings. The number of methoxy groups -OCH3 is 1. The summed E-state index contributed by atoms with van der Waals surface area (Å²) in [5, 5.41) is 0. The summed E-state index contributed by atoms with van der Waals surface area (Å²) in [6.07, 6.45) is 3.04. The predicted octanol–water partition coefficient (Wildman–Crippen LogP) is 4.70. The number of aryl methyl sites for hydroxylation is 2. The fourth-order valence-corrected chi connectivity index (χ4v) is 3.47. The molecule has 0 radical (unpaired) electrons. The highest BCUT2D eigenvalue weighted by Gasteiger charge is 2.17. The number of hydrogen-bond donors (Lipinski definition) is 0. The first kappa shape index (κ1) is 20.9. The molecule has 0 N–H and O–H groups in total. The van der Waals surface area contributed by atoms with E-state index >= 15 is 0 Å². The second kappa shape index (κ2) is 10.1. The average molecular weight is 391 g/mol. The molecule has 0 aliphatic carbocycles. The van der Waals surface area contributed by atoms with Gasteiger partial charge < -0.3 is 14.2 Å². The zero-order chi connectivity index (χ0) is 20.6. The third-order valence-corrected chi connectivity index (χ3v) is 5.17. The summed E-state index contributed by atoms with van der Waals surface area (Å²) >= 11 is 0. The monoisotopic (exact) mass is 390 g/mol. The molecule has 0 saturated heterocycles. The minimum absolute atomic E-state index is 0.0352. The first-order chi connectivity index (χ1) is 14.1. The average Bonchev–Trinajstić information content (AvgIpc) is 3.17. The van der Waals surface area contributed by atoms with Crippen molar-refractivity contribution in [1.29, 1.82) is 0 Å². The van der Waals surface area contributed by atoms with Crippen molar-refractivity contribution < 1.29 is 9.53 Å². The molecule has 0 atom stereocenters. The quantitative estimate of drug-likeness (QED) is 0.531. The summed E-state index contributed by atoms with van der Waals surface area (Å²) < 4.78 is 7.46. The van der Waals surface area contributed by atoms with Crippen molar-refractivity contribution in [2.45, 2.75) is 33.4 Å². The van der Waals surface area contributed by atoms with Crippen LogP contribution < -0.4 is 0 Å². The van der Waals surface area contributed by atoms with Gasteiger partial charge in [-0.25, -0.2) is 0 Å². The molecule has 0 bridgehead atoms. The van der Waals surface area contributed by atoms with Crippen LogP contribution in [0.5, 0.6) is 0 Å². The summed E-state index contributed by atoms with van der Waals surface area (Å²) in [5.74, 6) is 0.0352. The predicted molar refractivity (Wildman–Crippen MR) is 117 cm³/mol. The summed E-state index contributed by atoms with van der Waals surface area (Å²) in [4.78, 5) is 15.0. The van der Waals surface area contributed by atoms with Gasteiger partial charge in [0.05, 0.1) is 13.2 Å². The summed E-state index contributed by atoms with van der Waals surface area (Å²) in [6, 6.07) is 20.6. The molecule has 4 nitrogen and oxygen atoms in total. The van der Waals surface area contributed by atoms with Gasteiger partial charge in [0.2, 0.25) is 0 Å². The normalized spacial score (nSPS) is 10.9. The van der Waals surface area contributed by atoms with E-state index in [0.29, 0.717) is 19.7 Å². The Kier molecular flexibility index (Phi) is 7.25. The van der Waals surface area contributed by atoms with E-state index in [1.807, 2.05) is 35.2 Å². The zero-order valence-corrected chi connectivity index (χ0v) is 17.6. The molecule has 2 aromatic carbocycles. The Morgan fingerprint density at radius 2 is 1.83 bits per heavy atom. The first-order valence-electron chi connectivity index (χ1n) is 10.2. The van der Waals surface area contributed by atoms with Crippen LogP contribution >= 0.6 is 0 Å². The lowest BCUT2D eigenvalue weighted by molar-refractivity contribution is 0.0676. The molecule has 152 valence electrons. The van der Waals surface area contributed by atoms with Crippen LogP contribution in [0.15, 0.2) is 66.9 Å². The van der Waals surface area contributed by atoms with Gasteiger partial charge in [0.1, 0.15) is 0 Å². The number of ether oxygens (including phenoxy) is 1. The maximum atomic E-state index is 13.2. The van der Waals surface area contributed by atoms with E-state index in [0.717, 1.165) is 24.2 Å². The number of aromatic nitrogens is 1. The van der Waals surface area contributed by atoms with E-state index in [1.54, 1.807) is 7.11 Å². The highest BCUT2D eigenvalue weighted by Crippen LogP contribution is 2.15. The van der Waals surface area contributed by atoms with Crippen LogP contribution in [0.4, 0.5) is 0 Å². The Morgan fingerprint density at radius 3 is 2.52 bits per heavy atom. The van der Waals surface area contributed by atoms with Crippen LogP contribution in [-0.4, -0.2) is 35.6 Å². The molecule has 0 aliphatic heterocycles. The van der Waals surface area contributed by atoms with E-state index in [4.69, 9.17) is 4.74 Å². The number of carbonyl (C=O) groups excluding carboxylic acids is 1. The van der Waals surface area contributed by atoms with Crippen LogP contribution in [-0.2, 0) is 24.2 Å². The van der Waals surface area contributed by atoms with Crippen molar-refractivity contribution in [2.75, 3.05) is 20.3 Å². The number of carbonyl (C=O) groups is 1.